The summed E-state index contributed by atoms with van der Waals surface area (Å²) in [5.74, 6) is 1.01. The first-order chi connectivity index (χ1) is 12.7. The van der Waals surface area contributed by atoms with Gasteiger partial charge in [0.1, 0.15) is 5.82 Å². The van der Waals surface area contributed by atoms with Gasteiger partial charge < -0.3 is 10.2 Å². The Balaban J connectivity index is 1.41. The highest BCUT2D eigenvalue weighted by molar-refractivity contribution is 5.97. The summed E-state index contributed by atoms with van der Waals surface area (Å²) in [7, 11) is 0. The molecule has 1 N–H and O–H groups in total. The monoisotopic (exact) mass is 351 g/mol. The van der Waals surface area contributed by atoms with E-state index in [0.717, 1.165) is 18.7 Å². The van der Waals surface area contributed by atoms with E-state index < -0.39 is 0 Å². The molecule has 1 aliphatic heterocycles. The van der Waals surface area contributed by atoms with Gasteiger partial charge in [-0.25, -0.2) is 9.78 Å². The largest absolute Gasteiger partial charge is 0.348 e. The average Bonchev–Trinajstić information content (AvgIpc) is 3.43. The summed E-state index contributed by atoms with van der Waals surface area (Å²) in [5.41, 5.74) is 1.48. The first kappa shape index (κ1) is 16.5. The third-order valence-corrected chi connectivity index (χ3v) is 4.76. The molecule has 134 valence electrons. The third-order valence-electron chi connectivity index (χ3n) is 4.76. The Morgan fingerprint density at radius 2 is 1.96 bits per heavy atom. The van der Waals surface area contributed by atoms with Crippen LogP contribution in [0.4, 0.5) is 10.6 Å². The number of aromatic nitrogens is 2. The number of nitrogens with one attached hydrogen (secondary N) is 1. The van der Waals surface area contributed by atoms with Gasteiger partial charge in [0.2, 0.25) is 0 Å². The maximum Gasteiger partial charge on any atom is 0.325 e. The molecule has 0 atom stereocenters. The molecule has 0 aromatic carbocycles. The van der Waals surface area contributed by atoms with Crippen molar-refractivity contribution in [2.75, 3.05) is 24.5 Å². The van der Waals surface area contributed by atoms with Crippen molar-refractivity contribution in [3.05, 3.63) is 54.0 Å². The van der Waals surface area contributed by atoms with E-state index in [-0.39, 0.29) is 11.9 Å². The lowest BCUT2D eigenvalue weighted by atomic mass is 10.2. The molecule has 0 bridgehead atoms. The van der Waals surface area contributed by atoms with Crippen LogP contribution in [0.3, 0.4) is 0 Å². The van der Waals surface area contributed by atoms with Crippen LogP contribution in [0.15, 0.2) is 42.9 Å². The average molecular weight is 351 g/mol. The van der Waals surface area contributed by atoms with E-state index in [1.165, 1.54) is 12.8 Å². The maximum atomic E-state index is 12.6. The highest BCUT2D eigenvalue weighted by atomic mass is 16.2. The Hall–Kier alpha value is -2.96. The number of nitrogens with zero attached hydrogens (tertiary/aromatic N) is 4. The van der Waals surface area contributed by atoms with Crippen molar-refractivity contribution in [2.45, 2.75) is 19.4 Å². The third kappa shape index (κ3) is 3.66. The van der Waals surface area contributed by atoms with Gasteiger partial charge in [-0.2, -0.15) is 0 Å². The Labute approximate surface area is 152 Å². The van der Waals surface area contributed by atoms with E-state index in [1.54, 1.807) is 35.6 Å². The molecule has 1 saturated carbocycles. The molecule has 2 aliphatic rings. The summed E-state index contributed by atoms with van der Waals surface area (Å²) in [6, 6.07) is 7.04. The van der Waals surface area contributed by atoms with Crippen molar-refractivity contribution in [1.29, 1.82) is 0 Å². The normalized spacial score (nSPS) is 16.8. The van der Waals surface area contributed by atoms with Crippen molar-refractivity contribution in [2.24, 2.45) is 5.92 Å². The highest BCUT2D eigenvalue weighted by Crippen LogP contribution is 2.31. The lowest BCUT2D eigenvalue weighted by molar-refractivity contribution is 0.0950. The molecule has 3 amide bonds. The Kier molecular flexibility index (Phi) is 4.51. The minimum absolute atomic E-state index is 0.0151. The van der Waals surface area contributed by atoms with E-state index in [2.05, 4.69) is 15.3 Å². The van der Waals surface area contributed by atoms with Crippen LogP contribution in [-0.4, -0.2) is 46.4 Å². The number of anilines is 1. The smallest absolute Gasteiger partial charge is 0.325 e. The molecule has 0 radical (unpaired) electrons. The minimum atomic E-state index is -0.188. The van der Waals surface area contributed by atoms with Crippen molar-refractivity contribution >= 4 is 17.8 Å². The summed E-state index contributed by atoms with van der Waals surface area (Å²) < 4.78 is 0. The predicted molar refractivity (Wildman–Crippen MR) is 96.7 cm³/mol. The zero-order valence-electron chi connectivity index (χ0n) is 14.5. The van der Waals surface area contributed by atoms with E-state index >= 15 is 0 Å². The summed E-state index contributed by atoms with van der Waals surface area (Å²) in [4.78, 5) is 36.8. The van der Waals surface area contributed by atoms with Crippen LogP contribution in [0.5, 0.6) is 0 Å². The van der Waals surface area contributed by atoms with Crippen LogP contribution in [-0.2, 0) is 6.54 Å². The van der Waals surface area contributed by atoms with Crippen LogP contribution >= 0.6 is 0 Å². The zero-order chi connectivity index (χ0) is 17.9. The van der Waals surface area contributed by atoms with E-state index in [9.17, 15) is 9.59 Å². The molecule has 2 aromatic heterocycles. The molecule has 0 spiro atoms. The van der Waals surface area contributed by atoms with Gasteiger partial charge in [-0.05, 0) is 48.6 Å². The van der Waals surface area contributed by atoms with Crippen LogP contribution in [0.2, 0.25) is 0 Å². The molecule has 1 aliphatic carbocycles. The number of hydrogen-bond donors (Lipinski definition) is 1. The molecule has 2 aromatic rings. The summed E-state index contributed by atoms with van der Waals surface area (Å²) in [6.45, 7) is 2.59. The van der Waals surface area contributed by atoms with Crippen molar-refractivity contribution in [3.63, 3.8) is 0 Å². The molecule has 3 heterocycles. The fourth-order valence-electron chi connectivity index (χ4n) is 3.07. The zero-order valence-corrected chi connectivity index (χ0v) is 14.5. The van der Waals surface area contributed by atoms with Gasteiger partial charge in [0.15, 0.2) is 0 Å². The van der Waals surface area contributed by atoms with E-state index in [4.69, 9.17) is 0 Å². The number of pyridine rings is 2. The Morgan fingerprint density at radius 3 is 2.73 bits per heavy atom. The Bertz CT molecular complexity index is 807. The first-order valence-corrected chi connectivity index (χ1v) is 8.90. The fraction of sp³-hybridized carbons (Fsp3) is 0.368. The van der Waals surface area contributed by atoms with Crippen LogP contribution in [0, 0.1) is 5.92 Å². The van der Waals surface area contributed by atoms with Gasteiger partial charge in [-0.15, -0.1) is 0 Å². The van der Waals surface area contributed by atoms with Crippen molar-refractivity contribution in [1.82, 2.24) is 20.2 Å². The second-order valence-corrected chi connectivity index (χ2v) is 6.76. The first-order valence-electron chi connectivity index (χ1n) is 8.90. The summed E-state index contributed by atoms with van der Waals surface area (Å²) in [5, 5.41) is 2.88. The number of carbonyl (C=O) groups is 2. The van der Waals surface area contributed by atoms with Gasteiger partial charge >= 0.3 is 6.03 Å². The van der Waals surface area contributed by atoms with Gasteiger partial charge in [0.05, 0.1) is 0 Å². The predicted octanol–water partition coefficient (Wildman–Crippen LogP) is 2.06. The Morgan fingerprint density at radius 1 is 1.15 bits per heavy atom. The van der Waals surface area contributed by atoms with Gasteiger partial charge in [-0.1, -0.05) is 0 Å². The summed E-state index contributed by atoms with van der Waals surface area (Å²) in [6.07, 6.45) is 7.40. The molecule has 2 fully saturated rings. The number of carbonyl (C=O) groups excluding carboxylic acids is 2. The number of amides is 3. The van der Waals surface area contributed by atoms with Gasteiger partial charge in [-0.3, -0.25) is 14.7 Å². The van der Waals surface area contributed by atoms with Crippen molar-refractivity contribution < 1.29 is 9.59 Å². The van der Waals surface area contributed by atoms with E-state index in [0.29, 0.717) is 30.4 Å². The topological polar surface area (TPSA) is 78.4 Å². The quantitative estimate of drug-likeness (QED) is 0.864. The number of hydrogen-bond acceptors (Lipinski definition) is 4. The molecule has 26 heavy (non-hydrogen) atoms. The molecule has 1 saturated heterocycles. The summed E-state index contributed by atoms with van der Waals surface area (Å²) >= 11 is 0. The van der Waals surface area contributed by atoms with E-state index in [1.807, 2.05) is 17.0 Å². The highest BCUT2D eigenvalue weighted by Gasteiger charge is 2.34. The minimum Gasteiger partial charge on any atom is -0.348 e. The number of urea groups is 1. The van der Waals surface area contributed by atoms with Gasteiger partial charge in [0.25, 0.3) is 5.91 Å². The maximum absolute atomic E-state index is 12.6. The number of rotatable bonds is 6. The molecule has 4 rings (SSSR count). The second-order valence-electron chi connectivity index (χ2n) is 6.76. The molecular weight excluding hydrogens is 330 g/mol. The van der Waals surface area contributed by atoms with Crippen LogP contribution < -0.4 is 10.2 Å². The van der Waals surface area contributed by atoms with Gasteiger partial charge in [0, 0.05) is 50.3 Å². The lowest BCUT2D eigenvalue weighted by Gasteiger charge is -2.18. The standard InChI is InChI=1S/C19H21N5O2/c25-18(22-12-14-3-6-20-7-4-14)16-5-8-21-17(11-16)24-10-9-23(19(24)26)13-15-1-2-15/h3-8,11,15H,1-2,9-10,12-13H2,(H,22,25). The molecule has 0 unspecified atom stereocenters. The fourth-order valence-corrected chi connectivity index (χ4v) is 3.07. The van der Waals surface area contributed by atoms with Crippen LogP contribution in [0.25, 0.3) is 0 Å². The second kappa shape index (κ2) is 7.11. The lowest BCUT2D eigenvalue weighted by Crippen LogP contribution is -2.33. The molecule has 7 nitrogen and oxygen atoms in total. The van der Waals surface area contributed by atoms with Crippen LogP contribution in [0.1, 0.15) is 28.8 Å². The molecule has 7 heteroatoms. The van der Waals surface area contributed by atoms with Crippen molar-refractivity contribution in [3.8, 4) is 0 Å². The molecular formula is C19H21N5O2. The SMILES string of the molecule is O=C(NCc1ccncc1)c1ccnc(N2CCN(CC3CC3)C2=O)c1.